The quantitative estimate of drug-likeness (QED) is 0.398. The van der Waals surface area contributed by atoms with Crippen molar-refractivity contribution in [2.45, 2.75) is 65.5 Å². The first kappa shape index (κ1) is 28.0. The van der Waals surface area contributed by atoms with Crippen LogP contribution in [0.3, 0.4) is 0 Å². The topological polar surface area (TPSA) is 101 Å². The van der Waals surface area contributed by atoms with Crippen LogP contribution in [-0.4, -0.2) is 48.9 Å². The molecule has 1 aliphatic rings. The van der Waals surface area contributed by atoms with Crippen molar-refractivity contribution in [3.63, 3.8) is 0 Å². The number of methoxy groups -OCH3 is 2. The zero-order chi connectivity index (χ0) is 27.5. The third-order valence-corrected chi connectivity index (χ3v) is 5.61. The maximum atomic E-state index is 13.7. The molecule has 2 aromatic rings. The molecular formula is C28H35NO8. The lowest BCUT2D eigenvalue weighted by molar-refractivity contribution is -0.173. The largest absolute Gasteiger partial charge is 0.496 e. The predicted molar refractivity (Wildman–Crippen MR) is 135 cm³/mol. The van der Waals surface area contributed by atoms with Crippen LogP contribution in [0.15, 0.2) is 48.5 Å². The van der Waals surface area contributed by atoms with Crippen LogP contribution in [0.4, 0.5) is 4.79 Å². The van der Waals surface area contributed by atoms with E-state index in [1.165, 1.54) is 19.1 Å². The van der Waals surface area contributed by atoms with Crippen LogP contribution in [0.5, 0.6) is 11.5 Å². The van der Waals surface area contributed by atoms with E-state index in [1.54, 1.807) is 84.0 Å². The number of rotatable bonds is 5. The van der Waals surface area contributed by atoms with Gasteiger partial charge in [-0.25, -0.2) is 9.59 Å². The second kappa shape index (κ2) is 10.8. The molecule has 0 saturated carbocycles. The van der Waals surface area contributed by atoms with Crippen molar-refractivity contribution in [1.29, 1.82) is 0 Å². The highest BCUT2D eigenvalue weighted by Gasteiger charge is 2.53. The number of benzene rings is 2. The molecule has 37 heavy (non-hydrogen) atoms. The van der Waals surface area contributed by atoms with E-state index in [0.717, 1.165) is 0 Å². The summed E-state index contributed by atoms with van der Waals surface area (Å²) in [6.07, 6.45) is -3.23. The summed E-state index contributed by atoms with van der Waals surface area (Å²) in [7, 11) is 2.96. The fourth-order valence-corrected chi connectivity index (χ4v) is 3.90. The molecule has 2 aromatic carbocycles. The Hall–Kier alpha value is -3.59. The molecule has 200 valence electrons. The van der Waals surface area contributed by atoms with Crippen LogP contribution >= 0.6 is 0 Å². The fourth-order valence-electron chi connectivity index (χ4n) is 3.90. The standard InChI is InChI=1S/C28H35NO8/c1-27(2,3)25(31)36-24(30)22-21(17-13-10-9-11-14-17)29(26(32)37-28(4,5)6)23(35-22)20-18(33-7)15-12-16-19(20)34-8/h9-16,21-23H,1-8H3/t21-,22+,23?/m0/s1. The number of esters is 2. The lowest BCUT2D eigenvalue weighted by Crippen LogP contribution is -2.41. The van der Waals surface area contributed by atoms with Gasteiger partial charge in [-0.15, -0.1) is 0 Å². The summed E-state index contributed by atoms with van der Waals surface area (Å²) >= 11 is 0. The number of ether oxygens (including phenoxy) is 5. The Labute approximate surface area is 217 Å². The molecule has 1 saturated heterocycles. The summed E-state index contributed by atoms with van der Waals surface area (Å²) in [6, 6.07) is 13.0. The SMILES string of the molecule is COc1cccc(OC)c1C1O[C@@H](C(=O)OC(=O)C(C)(C)C)[C@H](c2ccccc2)N1C(=O)OC(C)(C)C. The van der Waals surface area contributed by atoms with Gasteiger partial charge < -0.3 is 23.7 Å². The van der Waals surface area contributed by atoms with Crippen LogP contribution in [-0.2, 0) is 23.8 Å². The zero-order valence-electron chi connectivity index (χ0n) is 22.6. The van der Waals surface area contributed by atoms with Crippen LogP contribution in [0.2, 0.25) is 0 Å². The van der Waals surface area contributed by atoms with Gasteiger partial charge in [-0.3, -0.25) is 9.69 Å². The molecule has 0 N–H and O–H groups in total. The van der Waals surface area contributed by atoms with Crippen molar-refractivity contribution in [3.8, 4) is 11.5 Å². The van der Waals surface area contributed by atoms with E-state index in [-0.39, 0.29) is 0 Å². The molecule has 9 heteroatoms. The Morgan fingerprint density at radius 3 is 1.89 bits per heavy atom. The van der Waals surface area contributed by atoms with Gasteiger partial charge in [-0.1, -0.05) is 36.4 Å². The minimum absolute atomic E-state index is 0.379. The summed E-state index contributed by atoms with van der Waals surface area (Å²) < 4.78 is 28.4. The smallest absolute Gasteiger partial charge is 0.413 e. The third kappa shape index (κ3) is 6.22. The second-order valence-electron chi connectivity index (χ2n) is 10.7. The minimum atomic E-state index is -1.35. The van der Waals surface area contributed by atoms with Gasteiger partial charge >= 0.3 is 18.0 Å². The van der Waals surface area contributed by atoms with E-state index in [1.807, 2.05) is 6.07 Å². The molecule has 0 aliphatic carbocycles. The lowest BCUT2D eigenvalue weighted by atomic mass is 9.97. The highest BCUT2D eigenvalue weighted by molar-refractivity contribution is 5.91. The van der Waals surface area contributed by atoms with Gasteiger partial charge in [0.2, 0.25) is 0 Å². The molecule has 0 aromatic heterocycles. The van der Waals surface area contributed by atoms with Gasteiger partial charge in [0.1, 0.15) is 23.1 Å². The number of carbonyl (C=O) groups excluding carboxylic acids is 3. The predicted octanol–water partition coefficient (Wildman–Crippen LogP) is 5.20. The van der Waals surface area contributed by atoms with Crippen LogP contribution in [0.1, 0.15) is 64.9 Å². The monoisotopic (exact) mass is 513 g/mol. The summed E-state index contributed by atoms with van der Waals surface area (Å²) in [5.74, 6) is -0.872. The first-order valence-electron chi connectivity index (χ1n) is 12.0. The van der Waals surface area contributed by atoms with E-state index < -0.39 is 47.4 Å². The molecule has 1 unspecified atom stereocenters. The molecule has 3 atom stereocenters. The average Bonchev–Trinajstić information content (AvgIpc) is 3.23. The van der Waals surface area contributed by atoms with E-state index in [0.29, 0.717) is 22.6 Å². The molecule has 1 amide bonds. The van der Waals surface area contributed by atoms with Gasteiger partial charge in [0.05, 0.1) is 25.2 Å². The number of nitrogens with zero attached hydrogens (tertiary/aromatic N) is 1. The van der Waals surface area contributed by atoms with Crippen molar-refractivity contribution < 1.29 is 38.1 Å². The van der Waals surface area contributed by atoms with E-state index in [9.17, 15) is 14.4 Å². The third-order valence-electron chi connectivity index (χ3n) is 5.61. The van der Waals surface area contributed by atoms with Crippen molar-refractivity contribution >= 4 is 18.0 Å². The van der Waals surface area contributed by atoms with Crippen LogP contribution < -0.4 is 9.47 Å². The molecular weight excluding hydrogens is 478 g/mol. The fraction of sp³-hybridized carbons (Fsp3) is 0.464. The second-order valence-corrected chi connectivity index (χ2v) is 10.7. The Kier molecular flexibility index (Phi) is 8.17. The normalized spacial score (nSPS) is 19.8. The first-order chi connectivity index (χ1) is 17.3. The van der Waals surface area contributed by atoms with Crippen LogP contribution in [0, 0.1) is 5.41 Å². The first-order valence-corrected chi connectivity index (χ1v) is 12.0. The number of carbonyl (C=O) groups is 3. The summed E-state index contributed by atoms with van der Waals surface area (Å²) in [5, 5.41) is 0. The Morgan fingerprint density at radius 1 is 0.838 bits per heavy atom. The minimum Gasteiger partial charge on any atom is -0.496 e. The number of hydrogen-bond acceptors (Lipinski definition) is 8. The van der Waals surface area contributed by atoms with Gasteiger partial charge in [-0.05, 0) is 59.2 Å². The molecule has 1 fully saturated rings. The Morgan fingerprint density at radius 2 is 1.41 bits per heavy atom. The van der Waals surface area contributed by atoms with Crippen molar-refractivity contribution in [2.24, 2.45) is 5.41 Å². The van der Waals surface area contributed by atoms with E-state index >= 15 is 0 Å². The van der Waals surface area contributed by atoms with Crippen molar-refractivity contribution in [3.05, 3.63) is 59.7 Å². The molecule has 9 nitrogen and oxygen atoms in total. The zero-order valence-corrected chi connectivity index (χ0v) is 22.6. The summed E-state index contributed by atoms with van der Waals surface area (Å²) in [5.41, 5.74) is -0.784. The molecule has 0 radical (unpaired) electrons. The number of hydrogen-bond donors (Lipinski definition) is 0. The Bertz CT molecular complexity index is 1110. The highest BCUT2D eigenvalue weighted by atomic mass is 16.6. The molecule has 0 spiro atoms. The maximum Gasteiger partial charge on any atom is 0.413 e. The van der Waals surface area contributed by atoms with Gasteiger partial charge in [0.25, 0.3) is 0 Å². The molecule has 0 bridgehead atoms. The molecule has 1 aliphatic heterocycles. The van der Waals surface area contributed by atoms with E-state index in [4.69, 9.17) is 23.7 Å². The maximum absolute atomic E-state index is 13.7. The van der Waals surface area contributed by atoms with Gasteiger partial charge in [-0.2, -0.15) is 0 Å². The van der Waals surface area contributed by atoms with E-state index in [2.05, 4.69) is 0 Å². The lowest BCUT2D eigenvalue weighted by Gasteiger charge is -2.32. The molecule has 1 heterocycles. The average molecular weight is 514 g/mol. The van der Waals surface area contributed by atoms with Gasteiger partial charge in [0.15, 0.2) is 12.3 Å². The van der Waals surface area contributed by atoms with Gasteiger partial charge in [0, 0.05) is 0 Å². The van der Waals surface area contributed by atoms with Crippen molar-refractivity contribution in [2.75, 3.05) is 14.2 Å². The summed E-state index contributed by atoms with van der Waals surface area (Å²) in [4.78, 5) is 41.0. The summed E-state index contributed by atoms with van der Waals surface area (Å²) in [6.45, 7) is 10.1. The Balaban J connectivity index is 2.20. The van der Waals surface area contributed by atoms with Crippen molar-refractivity contribution in [1.82, 2.24) is 4.90 Å². The highest BCUT2D eigenvalue weighted by Crippen LogP contribution is 2.49. The number of amides is 1. The molecule has 3 rings (SSSR count). The van der Waals surface area contributed by atoms with Crippen LogP contribution in [0.25, 0.3) is 0 Å².